The van der Waals surface area contributed by atoms with Gasteiger partial charge >= 0.3 is 17.8 Å². The van der Waals surface area contributed by atoms with Crippen LogP contribution in [-0.2, 0) is 26.9 Å². The summed E-state index contributed by atoms with van der Waals surface area (Å²) in [4.78, 5) is 37.8. The van der Waals surface area contributed by atoms with Gasteiger partial charge < -0.3 is 14.5 Å². The molecule has 0 aliphatic rings. The van der Waals surface area contributed by atoms with E-state index >= 15 is 0 Å². The summed E-state index contributed by atoms with van der Waals surface area (Å²) in [6.45, 7) is 1.87. The molecule has 6 nitrogen and oxygen atoms in total. The number of carbonyl (C=O) groups is 2. The van der Waals surface area contributed by atoms with Crippen LogP contribution >= 0.6 is 11.6 Å². The summed E-state index contributed by atoms with van der Waals surface area (Å²) in [7, 11) is 0. The predicted molar refractivity (Wildman–Crippen MR) is 142 cm³/mol. The van der Waals surface area contributed by atoms with Gasteiger partial charge in [0.2, 0.25) is 5.91 Å². The zero-order valence-electron chi connectivity index (χ0n) is 20.8. The number of carbonyl (C=O) groups excluding carboxylic acids is 2. The normalized spacial score (nSPS) is 11.7. The van der Waals surface area contributed by atoms with Gasteiger partial charge in [0, 0.05) is 28.1 Å². The Morgan fingerprint density at radius 2 is 1.85 bits per heavy atom. The second-order valence-corrected chi connectivity index (χ2v) is 8.94. The molecule has 1 amide bonds. The summed E-state index contributed by atoms with van der Waals surface area (Å²) in [6.07, 6.45) is -2.86. The second-order valence-electron chi connectivity index (χ2n) is 8.51. The lowest BCUT2D eigenvalue weighted by Crippen LogP contribution is -2.22. The second kappa shape index (κ2) is 11.7. The molecule has 0 radical (unpaired) electrons. The Bertz CT molecular complexity index is 1690. The summed E-state index contributed by atoms with van der Waals surface area (Å²) in [5.41, 5.74) is -1.62. The van der Waals surface area contributed by atoms with E-state index in [1.54, 1.807) is 43.3 Å². The molecule has 1 N–H and O–H groups in total. The number of fused-ring (bicyclic) bond motifs is 1. The van der Waals surface area contributed by atoms with Crippen molar-refractivity contribution in [3.8, 4) is 11.1 Å². The number of hydrogen-bond acceptors (Lipinski definition) is 5. The van der Waals surface area contributed by atoms with E-state index in [4.69, 9.17) is 20.8 Å². The summed E-state index contributed by atoms with van der Waals surface area (Å²) in [5, 5.41) is 2.82. The molecule has 11 heteroatoms. The number of nitrogens with one attached hydrogen (secondary N) is 1. The first-order valence-corrected chi connectivity index (χ1v) is 12.2. The Morgan fingerprint density at radius 3 is 2.58 bits per heavy atom. The van der Waals surface area contributed by atoms with E-state index in [0.717, 1.165) is 12.1 Å². The van der Waals surface area contributed by atoms with Gasteiger partial charge in [0.15, 0.2) is 0 Å². The molecule has 0 atom stereocenters. The Hall–Kier alpha value is -4.44. The molecule has 0 fully saturated rings. The van der Waals surface area contributed by atoms with Crippen LogP contribution in [0, 0.1) is 5.82 Å². The average molecular weight is 574 g/mol. The number of ether oxygens (including phenoxy) is 1. The maximum absolute atomic E-state index is 13.5. The van der Waals surface area contributed by atoms with Crippen molar-refractivity contribution in [2.24, 2.45) is 0 Å². The average Bonchev–Trinajstić information content (AvgIpc) is 2.88. The Balaban J connectivity index is 1.79. The quantitative estimate of drug-likeness (QED) is 0.111. The Morgan fingerprint density at radius 1 is 1.07 bits per heavy atom. The molecule has 3 aromatic carbocycles. The Labute approximate surface area is 229 Å². The van der Waals surface area contributed by atoms with E-state index in [1.807, 2.05) is 0 Å². The monoisotopic (exact) mass is 573 g/mol. The topological polar surface area (TPSA) is 85.6 Å². The number of anilines is 1. The van der Waals surface area contributed by atoms with Crippen molar-refractivity contribution in [1.29, 1.82) is 0 Å². The standard InChI is InChI=1S/C29H20ClF4NO5/c1-2-39-26(37)11-6-16-4-3-5-17(12-16)27-20-9-7-18(30)13-24(20)40-28(38)21(27)15-25(36)35-23-10-8-19(31)14-22(23)29(32,33)34/h3-14H,2,15H2,1H3,(H,35,36). The molecule has 40 heavy (non-hydrogen) atoms. The highest BCUT2D eigenvalue weighted by molar-refractivity contribution is 6.31. The summed E-state index contributed by atoms with van der Waals surface area (Å²) in [5.74, 6) is -2.64. The van der Waals surface area contributed by atoms with Crippen molar-refractivity contribution >= 4 is 46.2 Å². The number of alkyl halides is 3. The molecule has 1 heterocycles. The highest BCUT2D eigenvalue weighted by Crippen LogP contribution is 2.36. The zero-order chi connectivity index (χ0) is 29.0. The number of hydrogen-bond donors (Lipinski definition) is 1. The zero-order valence-corrected chi connectivity index (χ0v) is 21.5. The van der Waals surface area contributed by atoms with E-state index in [0.29, 0.717) is 22.1 Å². The minimum absolute atomic E-state index is 0.127. The fourth-order valence-corrected chi connectivity index (χ4v) is 4.23. The fraction of sp³-hybridized carbons (Fsp3) is 0.138. The Kier molecular flexibility index (Phi) is 8.39. The molecule has 4 rings (SSSR count). The van der Waals surface area contributed by atoms with E-state index in [2.05, 4.69) is 5.32 Å². The largest absolute Gasteiger partial charge is 0.463 e. The molecule has 0 aliphatic heterocycles. The van der Waals surface area contributed by atoms with Crippen LogP contribution in [-0.4, -0.2) is 18.5 Å². The van der Waals surface area contributed by atoms with Gasteiger partial charge in [-0.1, -0.05) is 29.8 Å². The number of benzene rings is 3. The molecule has 0 saturated carbocycles. The number of amides is 1. The molecule has 0 aliphatic carbocycles. The van der Waals surface area contributed by atoms with Crippen LogP contribution in [0.3, 0.4) is 0 Å². The molecule has 0 spiro atoms. The first-order chi connectivity index (χ1) is 19.0. The van der Waals surface area contributed by atoms with Crippen LogP contribution in [0.1, 0.15) is 23.6 Å². The van der Waals surface area contributed by atoms with E-state index in [-0.39, 0.29) is 28.8 Å². The van der Waals surface area contributed by atoms with Gasteiger partial charge in [-0.2, -0.15) is 13.2 Å². The van der Waals surface area contributed by atoms with Gasteiger partial charge in [-0.3, -0.25) is 4.79 Å². The lowest BCUT2D eigenvalue weighted by atomic mass is 9.94. The third-order valence-electron chi connectivity index (χ3n) is 5.74. The van der Waals surface area contributed by atoms with E-state index < -0.39 is 47.2 Å². The molecular formula is C29H20ClF4NO5. The lowest BCUT2D eigenvalue weighted by molar-refractivity contribution is -0.138. The first-order valence-electron chi connectivity index (χ1n) is 11.8. The van der Waals surface area contributed by atoms with Gasteiger partial charge in [0.25, 0.3) is 0 Å². The van der Waals surface area contributed by atoms with E-state index in [9.17, 15) is 31.9 Å². The molecule has 0 saturated heterocycles. The summed E-state index contributed by atoms with van der Waals surface area (Å²) < 4.78 is 64.1. The van der Waals surface area contributed by atoms with Gasteiger partial charge in [-0.05, 0) is 60.5 Å². The highest BCUT2D eigenvalue weighted by Gasteiger charge is 2.34. The van der Waals surface area contributed by atoms with Crippen molar-refractivity contribution in [3.05, 3.63) is 105 Å². The van der Waals surface area contributed by atoms with Crippen LogP contribution in [0.15, 0.2) is 76.0 Å². The number of esters is 1. The highest BCUT2D eigenvalue weighted by atomic mass is 35.5. The van der Waals surface area contributed by atoms with Crippen molar-refractivity contribution < 1.29 is 36.3 Å². The minimum Gasteiger partial charge on any atom is -0.463 e. The SMILES string of the molecule is CCOC(=O)C=Cc1cccc(-c2c(CC(=O)Nc3ccc(F)cc3C(F)(F)F)c(=O)oc3cc(Cl)ccc23)c1. The molecule has 4 aromatic rings. The summed E-state index contributed by atoms with van der Waals surface area (Å²) >= 11 is 6.07. The molecule has 0 bridgehead atoms. The molecule has 1 aromatic heterocycles. The van der Waals surface area contributed by atoms with Crippen LogP contribution in [0.4, 0.5) is 23.2 Å². The van der Waals surface area contributed by atoms with E-state index in [1.165, 1.54) is 18.2 Å². The van der Waals surface area contributed by atoms with Crippen LogP contribution in [0.2, 0.25) is 5.02 Å². The van der Waals surface area contributed by atoms with Gasteiger partial charge in [0.05, 0.1) is 29.8 Å². The van der Waals surface area contributed by atoms with Gasteiger partial charge in [-0.15, -0.1) is 0 Å². The molecule has 206 valence electrons. The maximum atomic E-state index is 13.5. The van der Waals surface area contributed by atoms with Gasteiger partial charge in [0.1, 0.15) is 11.4 Å². The lowest BCUT2D eigenvalue weighted by Gasteiger charge is -2.15. The maximum Gasteiger partial charge on any atom is 0.418 e. The van der Waals surface area contributed by atoms with Crippen LogP contribution in [0.25, 0.3) is 28.2 Å². The van der Waals surface area contributed by atoms with Gasteiger partial charge in [-0.25, -0.2) is 14.0 Å². The molecule has 0 unspecified atom stereocenters. The molecular weight excluding hydrogens is 554 g/mol. The van der Waals surface area contributed by atoms with Crippen LogP contribution in [0.5, 0.6) is 0 Å². The third-order valence-corrected chi connectivity index (χ3v) is 5.97. The number of rotatable bonds is 7. The smallest absolute Gasteiger partial charge is 0.418 e. The first kappa shape index (κ1) is 28.6. The minimum atomic E-state index is -4.94. The predicted octanol–water partition coefficient (Wildman–Crippen LogP) is 7.03. The fourth-order valence-electron chi connectivity index (χ4n) is 4.07. The third kappa shape index (κ3) is 6.58. The number of halogens is 5. The van der Waals surface area contributed by atoms with Crippen molar-refractivity contribution in [2.45, 2.75) is 19.5 Å². The van der Waals surface area contributed by atoms with Crippen molar-refractivity contribution in [1.82, 2.24) is 0 Å². The van der Waals surface area contributed by atoms with Crippen molar-refractivity contribution in [2.75, 3.05) is 11.9 Å². The van der Waals surface area contributed by atoms with Crippen molar-refractivity contribution in [3.63, 3.8) is 0 Å². The van der Waals surface area contributed by atoms with Crippen LogP contribution < -0.4 is 10.9 Å². The summed E-state index contributed by atoms with van der Waals surface area (Å²) in [6, 6.07) is 13.1.